The van der Waals surface area contributed by atoms with E-state index in [1.54, 1.807) is 12.3 Å². The lowest BCUT2D eigenvalue weighted by Gasteiger charge is -2.38. The second-order valence-electron chi connectivity index (χ2n) is 6.27. The Morgan fingerprint density at radius 2 is 2.26 bits per heavy atom. The lowest BCUT2D eigenvalue weighted by Crippen LogP contribution is -2.41. The first-order valence-corrected chi connectivity index (χ1v) is 7.94. The minimum atomic E-state index is -0.260. The summed E-state index contributed by atoms with van der Waals surface area (Å²) in [6, 6.07) is 7.64. The number of aromatic amines is 1. The number of nitrogens with zero attached hydrogens (tertiary/aromatic N) is 1. The number of amides is 1. The summed E-state index contributed by atoms with van der Waals surface area (Å²) in [5.74, 6) is 1.00. The number of carbonyl (C=O) groups excluding carboxylic acids is 1. The average molecular weight is 313 g/mol. The third-order valence-electron chi connectivity index (χ3n) is 4.73. The van der Waals surface area contributed by atoms with Gasteiger partial charge in [-0.05, 0) is 48.1 Å². The van der Waals surface area contributed by atoms with Crippen molar-refractivity contribution in [1.82, 2.24) is 15.5 Å². The van der Waals surface area contributed by atoms with Crippen molar-refractivity contribution in [3.8, 4) is 5.75 Å². The van der Waals surface area contributed by atoms with E-state index >= 15 is 0 Å². The summed E-state index contributed by atoms with van der Waals surface area (Å²) in [5.41, 5.74) is 2.70. The van der Waals surface area contributed by atoms with Crippen LogP contribution in [-0.4, -0.2) is 33.9 Å². The standard InChI is InChI=1S/C17H19N3O3/c21-13-8-12(9-13)16(19-17(22)14-3-5-18-20-14)11-1-2-15-10(7-11)4-6-23-15/h1-3,5,7,12-13,16,21H,4,6,8-9H2,(H,18,20)(H,19,22). The summed E-state index contributed by atoms with van der Waals surface area (Å²) in [5, 5.41) is 19.2. The van der Waals surface area contributed by atoms with Gasteiger partial charge in [-0.15, -0.1) is 0 Å². The lowest BCUT2D eigenvalue weighted by atomic mass is 9.75. The molecule has 6 heteroatoms. The molecule has 1 aromatic heterocycles. The molecule has 23 heavy (non-hydrogen) atoms. The number of aliphatic hydroxyl groups is 1. The normalized spacial score (nSPS) is 23.5. The molecule has 1 unspecified atom stereocenters. The second kappa shape index (κ2) is 5.70. The van der Waals surface area contributed by atoms with Gasteiger partial charge >= 0.3 is 0 Å². The number of aromatic nitrogens is 2. The number of H-pyrrole nitrogens is 1. The smallest absolute Gasteiger partial charge is 0.269 e. The molecule has 0 saturated heterocycles. The fourth-order valence-corrected chi connectivity index (χ4v) is 3.38. The van der Waals surface area contributed by atoms with Crippen molar-refractivity contribution in [3.63, 3.8) is 0 Å². The van der Waals surface area contributed by atoms with E-state index in [4.69, 9.17) is 4.74 Å². The van der Waals surface area contributed by atoms with E-state index in [0.29, 0.717) is 25.1 Å². The summed E-state index contributed by atoms with van der Waals surface area (Å²) in [6.45, 7) is 0.714. The van der Waals surface area contributed by atoms with Crippen molar-refractivity contribution in [1.29, 1.82) is 0 Å². The number of rotatable bonds is 4. The minimum absolute atomic E-state index is 0.111. The van der Waals surface area contributed by atoms with Crippen molar-refractivity contribution in [2.75, 3.05) is 6.61 Å². The molecule has 1 fully saturated rings. The Labute approximate surface area is 133 Å². The van der Waals surface area contributed by atoms with Gasteiger partial charge in [-0.3, -0.25) is 9.89 Å². The van der Waals surface area contributed by atoms with Crippen LogP contribution in [0.5, 0.6) is 5.75 Å². The molecule has 6 nitrogen and oxygen atoms in total. The molecule has 1 saturated carbocycles. The molecule has 2 aromatic rings. The van der Waals surface area contributed by atoms with E-state index in [9.17, 15) is 9.90 Å². The van der Waals surface area contributed by atoms with Gasteiger partial charge in [0, 0.05) is 12.6 Å². The summed E-state index contributed by atoms with van der Waals surface area (Å²) in [4.78, 5) is 12.4. The highest BCUT2D eigenvalue weighted by Crippen LogP contribution is 2.39. The molecule has 4 rings (SSSR count). The van der Waals surface area contributed by atoms with Gasteiger partial charge in [0.15, 0.2) is 0 Å². The first-order valence-electron chi connectivity index (χ1n) is 7.94. The maximum Gasteiger partial charge on any atom is 0.269 e. The highest BCUT2D eigenvalue weighted by molar-refractivity contribution is 5.92. The van der Waals surface area contributed by atoms with Crippen molar-refractivity contribution in [3.05, 3.63) is 47.3 Å². The van der Waals surface area contributed by atoms with Gasteiger partial charge in [0.25, 0.3) is 5.91 Å². The summed E-state index contributed by atoms with van der Waals surface area (Å²) < 4.78 is 5.55. The van der Waals surface area contributed by atoms with Gasteiger partial charge < -0.3 is 15.2 Å². The molecular formula is C17H19N3O3. The fraction of sp³-hybridized carbons (Fsp3) is 0.412. The van der Waals surface area contributed by atoms with E-state index in [0.717, 1.165) is 17.7 Å². The number of hydrogen-bond acceptors (Lipinski definition) is 4. The van der Waals surface area contributed by atoms with Gasteiger partial charge in [-0.25, -0.2) is 0 Å². The number of ether oxygens (including phenoxy) is 1. The van der Waals surface area contributed by atoms with E-state index in [-0.39, 0.29) is 24.0 Å². The molecule has 3 N–H and O–H groups in total. The molecule has 1 amide bonds. The summed E-state index contributed by atoms with van der Waals surface area (Å²) in [6.07, 6.45) is 3.62. The van der Waals surface area contributed by atoms with Crippen LogP contribution in [0.4, 0.5) is 0 Å². The van der Waals surface area contributed by atoms with Gasteiger partial charge in [-0.1, -0.05) is 6.07 Å². The lowest BCUT2D eigenvalue weighted by molar-refractivity contribution is 0.0234. The number of nitrogens with one attached hydrogen (secondary N) is 2. The van der Waals surface area contributed by atoms with E-state index in [2.05, 4.69) is 21.6 Å². The second-order valence-corrected chi connectivity index (χ2v) is 6.27. The molecule has 0 radical (unpaired) electrons. The number of carbonyl (C=O) groups is 1. The molecular weight excluding hydrogens is 294 g/mol. The van der Waals surface area contributed by atoms with Gasteiger partial charge in [-0.2, -0.15) is 5.10 Å². The van der Waals surface area contributed by atoms with Crippen LogP contribution in [0.1, 0.15) is 40.5 Å². The molecule has 1 aliphatic heterocycles. The Kier molecular flexibility index (Phi) is 3.53. The molecule has 120 valence electrons. The van der Waals surface area contributed by atoms with Crippen LogP contribution < -0.4 is 10.1 Å². The highest BCUT2D eigenvalue weighted by Gasteiger charge is 2.36. The van der Waals surface area contributed by atoms with Crippen molar-refractivity contribution in [2.45, 2.75) is 31.4 Å². The van der Waals surface area contributed by atoms with Crippen LogP contribution in [0.2, 0.25) is 0 Å². The van der Waals surface area contributed by atoms with Crippen molar-refractivity contribution < 1.29 is 14.6 Å². The topological polar surface area (TPSA) is 87.2 Å². The van der Waals surface area contributed by atoms with Crippen LogP contribution in [0.25, 0.3) is 0 Å². The summed E-state index contributed by atoms with van der Waals surface area (Å²) >= 11 is 0. The van der Waals surface area contributed by atoms with E-state index < -0.39 is 0 Å². The van der Waals surface area contributed by atoms with Crippen molar-refractivity contribution in [2.24, 2.45) is 5.92 Å². The molecule has 1 aromatic carbocycles. The van der Waals surface area contributed by atoms with Crippen LogP contribution in [0, 0.1) is 5.92 Å². The van der Waals surface area contributed by atoms with Gasteiger partial charge in [0.2, 0.25) is 0 Å². The molecule has 0 spiro atoms. The summed E-state index contributed by atoms with van der Waals surface area (Å²) in [7, 11) is 0. The number of aliphatic hydroxyl groups excluding tert-OH is 1. The zero-order valence-electron chi connectivity index (χ0n) is 12.7. The molecule has 1 atom stereocenters. The maximum absolute atomic E-state index is 12.4. The molecule has 2 heterocycles. The van der Waals surface area contributed by atoms with Gasteiger partial charge in [0.1, 0.15) is 11.4 Å². The number of hydrogen-bond donors (Lipinski definition) is 3. The predicted octanol–water partition coefficient (Wildman–Crippen LogP) is 1.59. The quantitative estimate of drug-likeness (QED) is 0.800. The van der Waals surface area contributed by atoms with Crippen LogP contribution in [-0.2, 0) is 6.42 Å². The zero-order valence-corrected chi connectivity index (χ0v) is 12.7. The Hall–Kier alpha value is -2.34. The van der Waals surface area contributed by atoms with Crippen LogP contribution in [0.3, 0.4) is 0 Å². The first-order chi connectivity index (χ1) is 11.2. The Bertz CT molecular complexity index is 708. The third kappa shape index (κ3) is 2.70. The number of fused-ring (bicyclic) bond motifs is 1. The van der Waals surface area contributed by atoms with E-state index in [1.807, 2.05) is 12.1 Å². The minimum Gasteiger partial charge on any atom is -0.493 e. The third-order valence-corrected chi connectivity index (χ3v) is 4.73. The highest BCUT2D eigenvalue weighted by atomic mass is 16.5. The molecule has 0 bridgehead atoms. The van der Waals surface area contributed by atoms with Gasteiger partial charge in [0.05, 0.1) is 18.8 Å². The average Bonchev–Trinajstić information content (AvgIpc) is 3.19. The predicted molar refractivity (Wildman–Crippen MR) is 83.2 cm³/mol. The Morgan fingerprint density at radius 1 is 1.39 bits per heavy atom. The largest absolute Gasteiger partial charge is 0.493 e. The zero-order chi connectivity index (χ0) is 15.8. The van der Waals surface area contributed by atoms with Crippen LogP contribution in [0.15, 0.2) is 30.5 Å². The monoisotopic (exact) mass is 313 g/mol. The molecule has 2 aliphatic rings. The number of benzene rings is 1. The van der Waals surface area contributed by atoms with E-state index in [1.165, 1.54) is 5.56 Å². The van der Waals surface area contributed by atoms with Crippen LogP contribution >= 0.6 is 0 Å². The Balaban J connectivity index is 1.59. The first kappa shape index (κ1) is 14.3. The Morgan fingerprint density at radius 3 is 3.00 bits per heavy atom. The molecule has 1 aliphatic carbocycles. The SMILES string of the molecule is O=C(NC(c1ccc2c(c1)CCO2)C1CC(O)C1)c1ccn[nH]1. The fourth-order valence-electron chi connectivity index (χ4n) is 3.38. The maximum atomic E-state index is 12.4. The van der Waals surface area contributed by atoms with Crippen molar-refractivity contribution >= 4 is 5.91 Å².